The second-order valence-electron chi connectivity index (χ2n) is 5.62. The molecule has 1 fully saturated rings. The standard InChI is InChI=1S/C16H20N2O4/c19-13(18-11-16(7-8-16)15(21)22)6-9-17-14(20)10-12-4-2-1-3-5-12/h1-5H,6-11H2,(H,17,20)(H,18,19)(H,21,22). The van der Waals surface area contributed by atoms with E-state index in [4.69, 9.17) is 5.11 Å². The zero-order chi connectivity index (χ0) is 16.0. The van der Waals surface area contributed by atoms with Crippen molar-refractivity contribution in [3.63, 3.8) is 0 Å². The molecule has 0 heterocycles. The summed E-state index contributed by atoms with van der Waals surface area (Å²) in [6, 6.07) is 9.36. The van der Waals surface area contributed by atoms with Crippen molar-refractivity contribution in [1.29, 1.82) is 0 Å². The Labute approximate surface area is 128 Å². The van der Waals surface area contributed by atoms with E-state index in [1.807, 2.05) is 30.3 Å². The van der Waals surface area contributed by atoms with E-state index in [-0.39, 0.29) is 37.7 Å². The minimum Gasteiger partial charge on any atom is -0.481 e. The predicted octanol–water partition coefficient (Wildman–Crippen LogP) is 0.716. The third-order valence-corrected chi connectivity index (χ3v) is 3.81. The average Bonchev–Trinajstić information content (AvgIpc) is 3.27. The Balaban J connectivity index is 1.61. The summed E-state index contributed by atoms with van der Waals surface area (Å²) in [4.78, 5) is 34.3. The number of carboxylic acids is 1. The summed E-state index contributed by atoms with van der Waals surface area (Å²) in [5.74, 6) is -1.24. The number of amides is 2. The van der Waals surface area contributed by atoms with Crippen LogP contribution in [-0.4, -0.2) is 36.0 Å². The summed E-state index contributed by atoms with van der Waals surface area (Å²) in [7, 11) is 0. The van der Waals surface area contributed by atoms with E-state index in [9.17, 15) is 14.4 Å². The molecular weight excluding hydrogens is 284 g/mol. The molecule has 2 rings (SSSR count). The highest BCUT2D eigenvalue weighted by molar-refractivity contribution is 5.82. The minimum absolute atomic E-state index is 0.136. The normalized spacial score (nSPS) is 14.9. The van der Waals surface area contributed by atoms with Gasteiger partial charge in [-0.2, -0.15) is 0 Å². The quantitative estimate of drug-likeness (QED) is 0.659. The van der Waals surface area contributed by atoms with Gasteiger partial charge in [0.25, 0.3) is 0 Å². The number of nitrogens with one attached hydrogen (secondary N) is 2. The number of carboxylic acid groups (broad SMARTS) is 1. The van der Waals surface area contributed by atoms with Gasteiger partial charge in [-0.1, -0.05) is 30.3 Å². The monoisotopic (exact) mass is 304 g/mol. The molecule has 1 aliphatic carbocycles. The number of aliphatic carboxylic acids is 1. The maximum atomic E-state index is 11.7. The van der Waals surface area contributed by atoms with Gasteiger partial charge in [0, 0.05) is 19.5 Å². The topological polar surface area (TPSA) is 95.5 Å². The third-order valence-electron chi connectivity index (χ3n) is 3.81. The second kappa shape index (κ2) is 7.06. The molecule has 1 aromatic rings. The average molecular weight is 304 g/mol. The molecule has 2 amide bonds. The van der Waals surface area contributed by atoms with Crippen LogP contribution in [-0.2, 0) is 20.8 Å². The Morgan fingerprint density at radius 1 is 1.05 bits per heavy atom. The highest BCUT2D eigenvalue weighted by Crippen LogP contribution is 2.45. The zero-order valence-electron chi connectivity index (χ0n) is 12.3. The maximum Gasteiger partial charge on any atom is 0.311 e. The van der Waals surface area contributed by atoms with E-state index in [2.05, 4.69) is 10.6 Å². The van der Waals surface area contributed by atoms with Gasteiger partial charge in [-0.15, -0.1) is 0 Å². The molecule has 0 aliphatic heterocycles. The molecule has 6 nitrogen and oxygen atoms in total. The van der Waals surface area contributed by atoms with Gasteiger partial charge >= 0.3 is 5.97 Å². The van der Waals surface area contributed by atoms with Crippen molar-refractivity contribution in [3.8, 4) is 0 Å². The van der Waals surface area contributed by atoms with Crippen molar-refractivity contribution >= 4 is 17.8 Å². The lowest BCUT2D eigenvalue weighted by atomic mass is 10.1. The van der Waals surface area contributed by atoms with Crippen molar-refractivity contribution in [2.75, 3.05) is 13.1 Å². The number of hydrogen-bond donors (Lipinski definition) is 3. The van der Waals surface area contributed by atoms with Gasteiger partial charge < -0.3 is 15.7 Å². The summed E-state index contributed by atoms with van der Waals surface area (Å²) in [6.45, 7) is 0.413. The molecule has 1 saturated carbocycles. The van der Waals surface area contributed by atoms with E-state index in [0.717, 1.165) is 5.56 Å². The molecule has 1 aliphatic rings. The van der Waals surface area contributed by atoms with Crippen LogP contribution in [0.4, 0.5) is 0 Å². The Hall–Kier alpha value is -2.37. The Morgan fingerprint density at radius 3 is 2.32 bits per heavy atom. The van der Waals surface area contributed by atoms with Crippen LogP contribution in [0.15, 0.2) is 30.3 Å². The van der Waals surface area contributed by atoms with Gasteiger partial charge in [0.05, 0.1) is 11.8 Å². The fourth-order valence-electron chi connectivity index (χ4n) is 2.13. The molecule has 6 heteroatoms. The molecule has 0 unspecified atom stereocenters. The lowest BCUT2D eigenvalue weighted by Gasteiger charge is -2.11. The molecule has 0 aromatic heterocycles. The molecular formula is C16H20N2O4. The van der Waals surface area contributed by atoms with Gasteiger partial charge in [-0.05, 0) is 18.4 Å². The van der Waals surface area contributed by atoms with Crippen molar-refractivity contribution in [1.82, 2.24) is 10.6 Å². The lowest BCUT2D eigenvalue weighted by Crippen LogP contribution is -2.36. The van der Waals surface area contributed by atoms with Crippen LogP contribution in [0.3, 0.4) is 0 Å². The first-order chi connectivity index (χ1) is 10.5. The minimum atomic E-state index is -0.857. The first kappa shape index (κ1) is 16.0. The molecule has 1 aromatic carbocycles. The van der Waals surface area contributed by atoms with Crippen molar-refractivity contribution in [3.05, 3.63) is 35.9 Å². The third kappa shape index (κ3) is 4.58. The molecule has 118 valence electrons. The van der Waals surface area contributed by atoms with E-state index in [0.29, 0.717) is 12.8 Å². The summed E-state index contributed by atoms with van der Waals surface area (Å²) < 4.78 is 0. The van der Waals surface area contributed by atoms with Crippen LogP contribution in [0.5, 0.6) is 0 Å². The first-order valence-electron chi connectivity index (χ1n) is 7.33. The van der Waals surface area contributed by atoms with Crippen LogP contribution in [0.1, 0.15) is 24.8 Å². The lowest BCUT2D eigenvalue weighted by molar-refractivity contribution is -0.143. The van der Waals surface area contributed by atoms with E-state index in [1.165, 1.54) is 0 Å². The van der Waals surface area contributed by atoms with Crippen LogP contribution in [0, 0.1) is 5.41 Å². The van der Waals surface area contributed by atoms with Crippen molar-refractivity contribution in [2.24, 2.45) is 5.41 Å². The Bertz CT molecular complexity index is 553. The highest BCUT2D eigenvalue weighted by atomic mass is 16.4. The number of rotatable bonds is 8. The van der Waals surface area contributed by atoms with Crippen LogP contribution >= 0.6 is 0 Å². The van der Waals surface area contributed by atoms with Gasteiger partial charge in [0.2, 0.25) is 11.8 Å². The first-order valence-corrected chi connectivity index (χ1v) is 7.33. The number of hydrogen-bond acceptors (Lipinski definition) is 3. The van der Waals surface area contributed by atoms with Crippen molar-refractivity contribution in [2.45, 2.75) is 25.7 Å². The molecule has 22 heavy (non-hydrogen) atoms. The molecule has 0 bridgehead atoms. The zero-order valence-corrected chi connectivity index (χ0v) is 12.3. The summed E-state index contributed by atoms with van der Waals surface area (Å²) >= 11 is 0. The molecule has 0 radical (unpaired) electrons. The Kier molecular flexibility index (Phi) is 5.14. The van der Waals surface area contributed by atoms with E-state index in [1.54, 1.807) is 0 Å². The van der Waals surface area contributed by atoms with Gasteiger partial charge in [-0.25, -0.2) is 0 Å². The van der Waals surface area contributed by atoms with Gasteiger partial charge in [-0.3, -0.25) is 14.4 Å². The molecule has 0 saturated heterocycles. The van der Waals surface area contributed by atoms with E-state index >= 15 is 0 Å². The maximum absolute atomic E-state index is 11.7. The summed E-state index contributed by atoms with van der Waals surface area (Å²) in [5.41, 5.74) is 0.160. The summed E-state index contributed by atoms with van der Waals surface area (Å²) in [6.07, 6.45) is 1.65. The van der Waals surface area contributed by atoms with Gasteiger partial charge in [0.1, 0.15) is 0 Å². The van der Waals surface area contributed by atoms with Crippen LogP contribution < -0.4 is 10.6 Å². The summed E-state index contributed by atoms with van der Waals surface area (Å²) in [5, 5.41) is 14.3. The number of carbonyl (C=O) groups is 3. The molecule has 0 atom stereocenters. The fourth-order valence-corrected chi connectivity index (χ4v) is 2.13. The fraction of sp³-hybridized carbons (Fsp3) is 0.438. The molecule has 0 spiro atoms. The molecule has 3 N–H and O–H groups in total. The van der Waals surface area contributed by atoms with E-state index < -0.39 is 11.4 Å². The van der Waals surface area contributed by atoms with Crippen molar-refractivity contribution < 1.29 is 19.5 Å². The largest absolute Gasteiger partial charge is 0.481 e. The number of benzene rings is 1. The predicted molar refractivity (Wildman–Crippen MR) is 80.1 cm³/mol. The smallest absolute Gasteiger partial charge is 0.311 e. The SMILES string of the molecule is O=C(CCNC(=O)Cc1ccccc1)NCC1(C(=O)O)CC1. The second-order valence-corrected chi connectivity index (χ2v) is 5.62. The van der Waals surface area contributed by atoms with Crippen LogP contribution in [0.2, 0.25) is 0 Å². The van der Waals surface area contributed by atoms with Crippen LogP contribution in [0.25, 0.3) is 0 Å². The highest BCUT2D eigenvalue weighted by Gasteiger charge is 2.50. The number of carbonyl (C=O) groups excluding carboxylic acids is 2. The Morgan fingerprint density at radius 2 is 1.73 bits per heavy atom. The van der Waals surface area contributed by atoms with Gasteiger partial charge in [0.15, 0.2) is 0 Å².